The third kappa shape index (κ3) is 3.22. The van der Waals surface area contributed by atoms with Crippen molar-refractivity contribution in [3.8, 4) is 6.07 Å². The van der Waals surface area contributed by atoms with Gasteiger partial charge in [-0.05, 0) is 47.4 Å². The molecule has 2 aromatic carbocycles. The Bertz CT molecular complexity index is 781. The molecule has 0 saturated carbocycles. The van der Waals surface area contributed by atoms with Crippen LogP contribution in [0.15, 0.2) is 42.5 Å². The van der Waals surface area contributed by atoms with Crippen molar-refractivity contribution in [2.45, 2.75) is 25.6 Å². The highest BCUT2D eigenvalue weighted by molar-refractivity contribution is 5.74. The second-order valence-electron chi connectivity index (χ2n) is 5.68. The average Bonchev–Trinajstić information content (AvgIpc) is 2.54. The van der Waals surface area contributed by atoms with E-state index in [1.54, 1.807) is 18.2 Å². The lowest BCUT2D eigenvalue weighted by Gasteiger charge is -2.34. The predicted octanol–water partition coefficient (Wildman–Crippen LogP) is 2.71. The summed E-state index contributed by atoms with van der Waals surface area (Å²) in [6.07, 6.45) is 0.362. The lowest BCUT2D eigenvalue weighted by Crippen LogP contribution is -2.45. The lowest BCUT2D eigenvalue weighted by atomic mass is 9.93. The van der Waals surface area contributed by atoms with Crippen molar-refractivity contribution in [3.63, 3.8) is 0 Å². The van der Waals surface area contributed by atoms with Crippen LogP contribution in [0.2, 0.25) is 0 Å². The zero-order chi connectivity index (χ0) is 16.4. The summed E-state index contributed by atoms with van der Waals surface area (Å²) < 4.78 is 13.4. The fourth-order valence-electron chi connectivity index (χ4n) is 2.94. The van der Waals surface area contributed by atoms with E-state index in [4.69, 9.17) is 5.26 Å². The number of aliphatic carboxylic acids is 1. The first kappa shape index (κ1) is 15.2. The number of hydrogen-bond donors (Lipinski definition) is 1. The molecule has 3 rings (SSSR count). The van der Waals surface area contributed by atoms with Gasteiger partial charge < -0.3 is 5.11 Å². The Morgan fingerprint density at radius 1 is 1.26 bits per heavy atom. The standard InChI is InChI=1S/C18H15FN2O2/c19-16-6-5-14-8-17(18(22)23)21(11-15(14)7-16)10-13-3-1-12(9-20)2-4-13/h1-7,17H,8,10-11H2,(H,22,23)/t17-/m1/s1. The molecule has 0 amide bonds. The zero-order valence-electron chi connectivity index (χ0n) is 12.4. The first-order chi connectivity index (χ1) is 11.1. The van der Waals surface area contributed by atoms with Crippen molar-refractivity contribution in [3.05, 3.63) is 70.5 Å². The Morgan fingerprint density at radius 3 is 2.65 bits per heavy atom. The molecule has 0 fully saturated rings. The topological polar surface area (TPSA) is 64.3 Å². The fourth-order valence-corrected chi connectivity index (χ4v) is 2.94. The molecule has 0 aliphatic carbocycles. The number of carboxylic acid groups (broad SMARTS) is 1. The van der Waals surface area contributed by atoms with Crippen LogP contribution in [0.4, 0.5) is 4.39 Å². The van der Waals surface area contributed by atoms with Gasteiger partial charge in [0, 0.05) is 13.1 Å². The molecule has 0 unspecified atom stereocenters. The summed E-state index contributed by atoms with van der Waals surface area (Å²) in [6.45, 7) is 0.836. The van der Waals surface area contributed by atoms with E-state index in [-0.39, 0.29) is 5.82 Å². The molecule has 5 heteroatoms. The van der Waals surface area contributed by atoms with E-state index in [9.17, 15) is 14.3 Å². The van der Waals surface area contributed by atoms with E-state index in [1.165, 1.54) is 12.1 Å². The number of rotatable bonds is 3. The molecular weight excluding hydrogens is 295 g/mol. The molecule has 0 saturated heterocycles. The van der Waals surface area contributed by atoms with E-state index in [2.05, 4.69) is 6.07 Å². The maximum Gasteiger partial charge on any atom is 0.321 e. The molecule has 0 bridgehead atoms. The Labute approximate surface area is 133 Å². The Balaban J connectivity index is 1.86. The summed E-state index contributed by atoms with van der Waals surface area (Å²) in [6, 6.07) is 13.0. The van der Waals surface area contributed by atoms with Crippen LogP contribution in [0.5, 0.6) is 0 Å². The summed E-state index contributed by atoms with van der Waals surface area (Å²) >= 11 is 0. The van der Waals surface area contributed by atoms with Gasteiger partial charge in [-0.2, -0.15) is 5.26 Å². The van der Waals surface area contributed by atoms with Crippen molar-refractivity contribution in [1.29, 1.82) is 5.26 Å². The van der Waals surface area contributed by atoms with Gasteiger partial charge in [0.2, 0.25) is 0 Å². The Hall–Kier alpha value is -2.71. The van der Waals surface area contributed by atoms with Crippen LogP contribution in [0.1, 0.15) is 22.3 Å². The van der Waals surface area contributed by atoms with Crippen LogP contribution in [0.25, 0.3) is 0 Å². The van der Waals surface area contributed by atoms with Gasteiger partial charge in [-0.15, -0.1) is 0 Å². The van der Waals surface area contributed by atoms with Gasteiger partial charge in [-0.3, -0.25) is 9.69 Å². The molecule has 1 aliphatic heterocycles. The molecule has 116 valence electrons. The molecule has 23 heavy (non-hydrogen) atoms. The molecule has 0 radical (unpaired) electrons. The van der Waals surface area contributed by atoms with Gasteiger partial charge in [0.1, 0.15) is 11.9 Å². The number of fused-ring (bicyclic) bond motifs is 1. The van der Waals surface area contributed by atoms with Gasteiger partial charge in [-0.25, -0.2) is 4.39 Å². The summed E-state index contributed by atoms with van der Waals surface area (Å²) in [4.78, 5) is 13.4. The van der Waals surface area contributed by atoms with Gasteiger partial charge in [0.15, 0.2) is 0 Å². The molecule has 1 aliphatic rings. The van der Waals surface area contributed by atoms with Crippen LogP contribution in [-0.2, 0) is 24.3 Å². The fraction of sp³-hybridized carbons (Fsp3) is 0.222. The molecule has 1 atom stereocenters. The van der Waals surface area contributed by atoms with Crippen LogP contribution < -0.4 is 0 Å². The van der Waals surface area contributed by atoms with E-state index in [0.717, 1.165) is 16.7 Å². The smallest absolute Gasteiger partial charge is 0.321 e. The second kappa shape index (κ2) is 6.19. The minimum atomic E-state index is -0.881. The molecule has 1 N–H and O–H groups in total. The lowest BCUT2D eigenvalue weighted by molar-refractivity contribution is -0.144. The summed E-state index contributed by atoms with van der Waals surface area (Å²) in [5, 5.41) is 18.3. The quantitative estimate of drug-likeness (QED) is 0.946. The monoisotopic (exact) mass is 310 g/mol. The normalized spacial score (nSPS) is 17.3. The molecule has 2 aromatic rings. The number of hydrogen-bond acceptors (Lipinski definition) is 3. The van der Waals surface area contributed by atoms with E-state index in [1.807, 2.05) is 17.0 Å². The van der Waals surface area contributed by atoms with Crippen molar-refractivity contribution in [2.75, 3.05) is 0 Å². The van der Waals surface area contributed by atoms with E-state index >= 15 is 0 Å². The maximum atomic E-state index is 13.4. The van der Waals surface area contributed by atoms with Gasteiger partial charge >= 0.3 is 5.97 Å². The van der Waals surface area contributed by atoms with Gasteiger partial charge in [0.25, 0.3) is 0 Å². The Morgan fingerprint density at radius 2 is 2.00 bits per heavy atom. The predicted molar refractivity (Wildman–Crippen MR) is 81.9 cm³/mol. The summed E-state index contributed by atoms with van der Waals surface area (Å²) in [5.41, 5.74) is 3.20. The summed E-state index contributed by atoms with van der Waals surface area (Å²) in [7, 11) is 0. The van der Waals surface area contributed by atoms with Gasteiger partial charge in [0.05, 0.1) is 11.6 Å². The van der Waals surface area contributed by atoms with E-state index < -0.39 is 12.0 Å². The SMILES string of the molecule is N#Cc1ccc(CN2Cc3cc(F)ccc3C[C@@H]2C(=O)O)cc1. The first-order valence-electron chi connectivity index (χ1n) is 7.30. The van der Waals surface area contributed by atoms with Crippen molar-refractivity contribution in [2.24, 2.45) is 0 Å². The van der Waals surface area contributed by atoms with Gasteiger partial charge in [-0.1, -0.05) is 18.2 Å². The molecule has 1 heterocycles. The third-order valence-electron chi connectivity index (χ3n) is 4.15. The second-order valence-corrected chi connectivity index (χ2v) is 5.68. The molecule has 4 nitrogen and oxygen atoms in total. The third-order valence-corrected chi connectivity index (χ3v) is 4.15. The first-order valence-corrected chi connectivity index (χ1v) is 7.30. The highest BCUT2D eigenvalue weighted by Gasteiger charge is 2.31. The minimum absolute atomic E-state index is 0.309. The van der Waals surface area contributed by atoms with Crippen molar-refractivity contribution < 1.29 is 14.3 Å². The maximum absolute atomic E-state index is 13.4. The number of carboxylic acids is 1. The Kier molecular flexibility index (Phi) is 4.09. The van der Waals surface area contributed by atoms with Crippen LogP contribution >= 0.6 is 0 Å². The van der Waals surface area contributed by atoms with Crippen LogP contribution in [0.3, 0.4) is 0 Å². The minimum Gasteiger partial charge on any atom is -0.480 e. The van der Waals surface area contributed by atoms with Crippen molar-refractivity contribution >= 4 is 5.97 Å². The zero-order valence-corrected chi connectivity index (χ0v) is 12.4. The largest absolute Gasteiger partial charge is 0.480 e. The average molecular weight is 310 g/mol. The number of benzene rings is 2. The molecule has 0 aromatic heterocycles. The molecular formula is C18H15FN2O2. The van der Waals surface area contributed by atoms with E-state index in [0.29, 0.717) is 25.1 Å². The number of nitriles is 1. The number of carbonyl (C=O) groups is 1. The van der Waals surface area contributed by atoms with Crippen molar-refractivity contribution in [1.82, 2.24) is 4.90 Å². The number of nitrogens with zero attached hydrogens (tertiary/aromatic N) is 2. The summed E-state index contributed by atoms with van der Waals surface area (Å²) in [5.74, 6) is -1.19. The van der Waals surface area contributed by atoms with Crippen LogP contribution in [-0.4, -0.2) is 22.0 Å². The molecule has 0 spiro atoms. The van der Waals surface area contributed by atoms with Crippen LogP contribution in [0, 0.1) is 17.1 Å². The highest BCUT2D eigenvalue weighted by atomic mass is 19.1. The highest BCUT2D eigenvalue weighted by Crippen LogP contribution is 2.26. The number of halogens is 1.